The van der Waals surface area contributed by atoms with E-state index in [2.05, 4.69) is 98.9 Å². The molecule has 0 aliphatic rings. The molecule has 0 aromatic carbocycles. The van der Waals surface area contributed by atoms with E-state index in [1.54, 1.807) is 0 Å². The third kappa shape index (κ3) is 50.6. The van der Waals surface area contributed by atoms with Crippen molar-refractivity contribution in [1.82, 2.24) is 0 Å². The van der Waals surface area contributed by atoms with Gasteiger partial charge in [-0.3, -0.25) is 18.6 Å². The molecule has 66 heavy (non-hydrogen) atoms. The van der Waals surface area contributed by atoms with E-state index in [1.807, 2.05) is 21.1 Å². The first kappa shape index (κ1) is 63.2. The number of hydrogen-bond acceptors (Lipinski definition) is 7. The molecule has 0 aromatic heterocycles. The molecule has 2 unspecified atom stereocenters. The van der Waals surface area contributed by atoms with Crippen LogP contribution in [-0.4, -0.2) is 74.9 Å². The molecule has 10 heteroatoms. The highest BCUT2D eigenvalue weighted by atomic mass is 31.2. The summed E-state index contributed by atoms with van der Waals surface area (Å²) in [7, 11) is 1.45. The number of carbonyl (C=O) groups is 2. The molecule has 1 N–H and O–H groups in total. The van der Waals surface area contributed by atoms with Gasteiger partial charge in [-0.1, -0.05) is 195 Å². The van der Waals surface area contributed by atoms with E-state index in [0.29, 0.717) is 23.9 Å². The lowest BCUT2D eigenvalue weighted by Gasteiger charge is -2.24. The topological polar surface area (TPSA) is 108 Å². The van der Waals surface area contributed by atoms with Crippen LogP contribution in [0.25, 0.3) is 0 Å². The number of quaternary nitrogens is 1. The summed E-state index contributed by atoms with van der Waals surface area (Å²) in [5, 5.41) is 0. The first-order chi connectivity index (χ1) is 32.0. The van der Waals surface area contributed by atoms with E-state index in [-0.39, 0.29) is 26.1 Å². The van der Waals surface area contributed by atoms with Crippen molar-refractivity contribution in [1.29, 1.82) is 0 Å². The number of esters is 2. The Labute approximate surface area is 405 Å². The molecule has 0 saturated carbocycles. The maximum Gasteiger partial charge on any atom is 0.472 e. The molecule has 9 nitrogen and oxygen atoms in total. The van der Waals surface area contributed by atoms with Crippen LogP contribution >= 0.6 is 7.82 Å². The Balaban J connectivity index is 4.13. The lowest BCUT2D eigenvalue weighted by molar-refractivity contribution is -0.870. The van der Waals surface area contributed by atoms with Gasteiger partial charge in [0.1, 0.15) is 19.8 Å². The van der Waals surface area contributed by atoms with E-state index in [0.717, 1.165) is 83.5 Å². The van der Waals surface area contributed by atoms with Crippen molar-refractivity contribution < 1.29 is 42.1 Å². The maximum absolute atomic E-state index is 12.8. The van der Waals surface area contributed by atoms with Crippen molar-refractivity contribution in [3.63, 3.8) is 0 Å². The standard InChI is InChI=1S/C56H98NO8P/c1-6-8-10-12-14-16-18-20-21-22-23-24-25-26-27-28-29-30-31-32-33-34-35-37-39-41-43-45-47-49-56(59)65-54(53-64-66(60,61)63-51-50-57(3,4)5)52-62-55(58)48-46-44-42-40-38-36-19-17-15-13-11-9-7-2/h8-11,14-17,20-21,23-24,36,38,54H,6-7,12-13,18-19,22,25-35,37,39-53H2,1-5H3/p+1/b10-8-,11-9-,16-14-,17-15-,21-20-,24-23-,38-36-. The number of carbonyl (C=O) groups excluding carboxylic acids is 2. The Hall–Kier alpha value is -2.81. The van der Waals surface area contributed by atoms with Crippen LogP contribution in [0.4, 0.5) is 0 Å². The zero-order valence-corrected chi connectivity index (χ0v) is 43.8. The predicted molar refractivity (Wildman–Crippen MR) is 279 cm³/mol. The number of ether oxygens (including phenoxy) is 2. The van der Waals surface area contributed by atoms with Crippen LogP contribution in [0.2, 0.25) is 0 Å². The van der Waals surface area contributed by atoms with Crippen molar-refractivity contribution in [3.8, 4) is 0 Å². The second-order valence-corrected chi connectivity index (χ2v) is 19.9. The molecule has 0 saturated heterocycles. The lowest BCUT2D eigenvalue weighted by atomic mass is 10.0. The van der Waals surface area contributed by atoms with Gasteiger partial charge in [-0.25, -0.2) is 4.57 Å². The van der Waals surface area contributed by atoms with Crippen LogP contribution in [0.3, 0.4) is 0 Å². The highest BCUT2D eigenvalue weighted by molar-refractivity contribution is 7.47. The van der Waals surface area contributed by atoms with Crippen molar-refractivity contribution in [3.05, 3.63) is 85.1 Å². The number of allylic oxidation sites excluding steroid dienone is 14. The van der Waals surface area contributed by atoms with E-state index >= 15 is 0 Å². The summed E-state index contributed by atoms with van der Waals surface area (Å²) < 4.78 is 34.4. The van der Waals surface area contributed by atoms with Crippen LogP contribution in [0.1, 0.15) is 206 Å². The molecule has 0 bridgehead atoms. The van der Waals surface area contributed by atoms with Gasteiger partial charge in [0.25, 0.3) is 0 Å². The Morgan fingerprint density at radius 1 is 0.470 bits per heavy atom. The molecule has 380 valence electrons. The van der Waals surface area contributed by atoms with E-state index in [4.69, 9.17) is 18.5 Å². The lowest BCUT2D eigenvalue weighted by Crippen LogP contribution is -2.37. The molecule has 0 aliphatic heterocycles. The molecule has 0 radical (unpaired) electrons. The summed E-state index contributed by atoms with van der Waals surface area (Å²) >= 11 is 0. The summed E-state index contributed by atoms with van der Waals surface area (Å²) in [6.07, 6.45) is 62.3. The number of phosphoric ester groups is 1. The average molecular weight is 945 g/mol. The van der Waals surface area contributed by atoms with Crippen LogP contribution in [0.5, 0.6) is 0 Å². The van der Waals surface area contributed by atoms with E-state index in [9.17, 15) is 19.0 Å². The Morgan fingerprint density at radius 3 is 1.23 bits per heavy atom. The van der Waals surface area contributed by atoms with Crippen molar-refractivity contribution in [2.24, 2.45) is 0 Å². The van der Waals surface area contributed by atoms with Crippen molar-refractivity contribution in [2.75, 3.05) is 47.5 Å². The predicted octanol–water partition coefficient (Wildman–Crippen LogP) is 15.9. The highest BCUT2D eigenvalue weighted by Crippen LogP contribution is 2.43. The number of unbranched alkanes of at least 4 members (excludes halogenated alkanes) is 19. The second-order valence-electron chi connectivity index (χ2n) is 18.5. The third-order valence-electron chi connectivity index (χ3n) is 10.9. The smallest absolute Gasteiger partial charge is 0.462 e. The summed E-state index contributed by atoms with van der Waals surface area (Å²) in [6, 6.07) is 0. The van der Waals surface area contributed by atoms with Crippen LogP contribution in [0.15, 0.2) is 85.1 Å². The monoisotopic (exact) mass is 945 g/mol. The molecular weight excluding hydrogens is 846 g/mol. The molecule has 0 rings (SSSR count). The quantitative estimate of drug-likeness (QED) is 0.0211. The highest BCUT2D eigenvalue weighted by Gasteiger charge is 2.27. The summed E-state index contributed by atoms with van der Waals surface area (Å²) in [4.78, 5) is 35.5. The van der Waals surface area contributed by atoms with Gasteiger partial charge in [-0.15, -0.1) is 0 Å². The van der Waals surface area contributed by atoms with Gasteiger partial charge in [0.05, 0.1) is 27.7 Å². The number of phosphoric acid groups is 1. The fourth-order valence-electron chi connectivity index (χ4n) is 6.90. The number of likely N-dealkylation sites (N-methyl/N-ethyl adjacent to an activating group) is 1. The minimum atomic E-state index is -4.39. The molecule has 2 atom stereocenters. The van der Waals surface area contributed by atoms with Gasteiger partial charge in [-0.05, 0) is 83.5 Å². The minimum Gasteiger partial charge on any atom is -0.462 e. The van der Waals surface area contributed by atoms with Gasteiger partial charge in [0.15, 0.2) is 6.10 Å². The summed E-state index contributed by atoms with van der Waals surface area (Å²) in [5.41, 5.74) is 0. The van der Waals surface area contributed by atoms with Gasteiger partial charge >= 0.3 is 19.8 Å². The van der Waals surface area contributed by atoms with E-state index in [1.165, 1.54) is 83.5 Å². The van der Waals surface area contributed by atoms with Crippen molar-refractivity contribution >= 4 is 19.8 Å². The Kier molecular flexibility index (Phi) is 45.3. The molecule has 0 aliphatic carbocycles. The third-order valence-corrected chi connectivity index (χ3v) is 11.9. The van der Waals surface area contributed by atoms with Crippen molar-refractivity contribution in [2.45, 2.75) is 213 Å². The van der Waals surface area contributed by atoms with Gasteiger partial charge < -0.3 is 18.9 Å². The number of nitrogens with zero attached hydrogens (tertiary/aromatic N) is 1. The first-order valence-electron chi connectivity index (χ1n) is 26.3. The van der Waals surface area contributed by atoms with Gasteiger partial charge in [0, 0.05) is 12.8 Å². The molecular formula is C56H99NO8P+. The zero-order valence-electron chi connectivity index (χ0n) is 42.9. The normalized spacial score (nSPS) is 14.1. The summed E-state index contributed by atoms with van der Waals surface area (Å²) in [6.45, 7) is 4.16. The molecule has 0 amide bonds. The van der Waals surface area contributed by atoms with Crippen LogP contribution in [0, 0.1) is 0 Å². The summed E-state index contributed by atoms with van der Waals surface area (Å²) in [5.74, 6) is -0.834. The molecule has 0 fully saturated rings. The van der Waals surface area contributed by atoms with Crippen LogP contribution < -0.4 is 0 Å². The number of hydrogen-bond donors (Lipinski definition) is 1. The second kappa shape index (κ2) is 47.3. The van der Waals surface area contributed by atoms with Gasteiger partial charge in [-0.2, -0.15) is 0 Å². The molecule has 0 heterocycles. The fourth-order valence-corrected chi connectivity index (χ4v) is 7.64. The van der Waals surface area contributed by atoms with Crippen LogP contribution in [-0.2, 0) is 32.7 Å². The van der Waals surface area contributed by atoms with Gasteiger partial charge in [0.2, 0.25) is 0 Å². The maximum atomic E-state index is 12.8. The zero-order chi connectivity index (χ0) is 48.5. The molecule has 0 spiro atoms. The Morgan fingerprint density at radius 2 is 0.818 bits per heavy atom. The first-order valence-corrected chi connectivity index (χ1v) is 27.8. The number of rotatable bonds is 47. The SMILES string of the molecule is CC/C=C\C/C=C\C/C=C\C/C=C\CCCCCCCCCCCCCCCCCCC(=O)OC(COC(=O)CCCCC/C=C\C/C=C\C/C=C\CC)COP(=O)(O)OCC[N+](C)(C)C. The molecule has 0 aromatic rings. The van der Waals surface area contributed by atoms with E-state index < -0.39 is 32.5 Å². The minimum absolute atomic E-state index is 0.0239. The Bertz CT molecular complexity index is 1390. The average Bonchev–Trinajstić information content (AvgIpc) is 3.27. The fraction of sp³-hybridized carbons (Fsp3) is 0.714. The largest absolute Gasteiger partial charge is 0.472 e.